The molecular weight excluding hydrogens is 443 g/mol. The second-order valence-electron chi connectivity index (χ2n) is 7.80. The van der Waals surface area contributed by atoms with Crippen molar-refractivity contribution in [1.29, 1.82) is 0 Å². The highest BCUT2D eigenvalue weighted by Gasteiger charge is 2.41. The number of hydrogen-bond acceptors (Lipinski definition) is 7. The van der Waals surface area contributed by atoms with Gasteiger partial charge >= 0.3 is 12.2 Å². The number of rotatable bonds is 3. The molecule has 0 saturated carbocycles. The number of aromatic amines is 1. The van der Waals surface area contributed by atoms with Crippen LogP contribution in [-0.2, 0) is 0 Å². The van der Waals surface area contributed by atoms with Crippen LogP contribution in [0.1, 0.15) is 23.8 Å². The number of amides is 3. The van der Waals surface area contributed by atoms with Gasteiger partial charge in [-0.15, -0.1) is 0 Å². The van der Waals surface area contributed by atoms with E-state index >= 15 is 0 Å². The van der Waals surface area contributed by atoms with Crippen molar-refractivity contribution in [3.05, 3.63) is 30.4 Å². The van der Waals surface area contributed by atoms with Crippen LogP contribution in [0.2, 0.25) is 0 Å². The van der Waals surface area contributed by atoms with Gasteiger partial charge in [-0.2, -0.15) is 18.2 Å². The first kappa shape index (κ1) is 20.9. The molecule has 14 heteroatoms. The Hall–Kier alpha value is -3.97. The fourth-order valence-corrected chi connectivity index (χ4v) is 3.90. The molecule has 33 heavy (non-hydrogen) atoms. The second kappa shape index (κ2) is 7.56. The Morgan fingerprint density at radius 3 is 2.85 bits per heavy atom. The smallest absolute Gasteiger partial charge is 0.366 e. The summed E-state index contributed by atoms with van der Waals surface area (Å²) in [5.74, 6) is -0.757. The van der Waals surface area contributed by atoms with Gasteiger partial charge in [0, 0.05) is 13.1 Å². The van der Waals surface area contributed by atoms with Gasteiger partial charge in [0.1, 0.15) is 17.3 Å². The van der Waals surface area contributed by atoms with Crippen LogP contribution in [0, 0.1) is 0 Å². The second-order valence-corrected chi connectivity index (χ2v) is 7.80. The zero-order chi connectivity index (χ0) is 23.3. The standard InChI is InChI=1S/C19H18F3N9O2/c1-9(19(20,21)22)26-16(32)11-2-3-13-15(27-11)31(10-4-5-30(13)7-10)18(33)29-17-23-6-12-14(28-17)25-8-24-12/h2-3,6,8-10H,4-5,7H2,1H3,(H,26,32)(H2,23,24,25,28,29,33). The molecule has 0 radical (unpaired) electrons. The van der Waals surface area contributed by atoms with Crippen LogP contribution < -0.4 is 20.4 Å². The largest absolute Gasteiger partial charge is 0.408 e. The fraction of sp³-hybridized carbons (Fsp3) is 0.368. The average molecular weight is 461 g/mol. The Bertz CT molecular complexity index is 1240. The van der Waals surface area contributed by atoms with Gasteiger partial charge in [-0.25, -0.2) is 19.7 Å². The van der Waals surface area contributed by atoms with Crippen LogP contribution in [0.4, 0.5) is 35.4 Å². The molecule has 5 rings (SSSR count). The minimum absolute atomic E-state index is 0.0366. The van der Waals surface area contributed by atoms with Gasteiger partial charge in [-0.1, -0.05) is 0 Å². The highest BCUT2D eigenvalue weighted by molar-refractivity contribution is 6.04. The van der Waals surface area contributed by atoms with Gasteiger partial charge < -0.3 is 15.2 Å². The molecule has 0 aliphatic carbocycles. The maximum absolute atomic E-state index is 13.2. The van der Waals surface area contributed by atoms with Crippen molar-refractivity contribution in [2.24, 2.45) is 0 Å². The third-order valence-electron chi connectivity index (χ3n) is 5.64. The normalized spacial score (nSPS) is 18.2. The highest BCUT2D eigenvalue weighted by Crippen LogP contribution is 2.39. The molecule has 2 aliphatic heterocycles. The van der Waals surface area contributed by atoms with Crippen LogP contribution in [0.25, 0.3) is 11.2 Å². The first-order valence-corrected chi connectivity index (χ1v) is 10.1. The molecule has 3 aromatic rings. The van der Waals surface area contributed by atoms with E-state index in [1.807, 2.05) is 10.2 Å². The van der Waals surface area contributed by atoms with Crippen molar-refractivity contribution in [3.63, 3.8) is 0 Å². The van der Waals surface area contributed by atoms with Crippen molar-refractivity contribution in [3.8, 4) is 0 Å². The molecule has 0 spiro atoms. The molecule has 172 valence electrons. The van der Waals surface area contributed by atoms with E-state index in [1.54, 1.807) is 6.07 Å². The lowest BCUT2D eigenvalue weighted by atomic mass is 10.1. The summed E-state index contributed by atoms with van der Waals surface area (Å²) in [7, 11) is 0. The Labute approximate surface area is 184 Å². The number of anilines is 3. The number of nitrogens with one attached hydrogen (secondary N) is 3. The summed E-state index contributed by atoms with van der Waals surface area (Å²) in [5, 5.41) is 4.51. The first-order valence-electron chi connectivity index (χ1n) is 10.1. The van der Waals surface area contributed by atoms with E-state index in [2.05, 4.69) is 30.2 Å². The summed E-state index contributed by atoms with van der Waals surface area (Å²) in [6, 6.07) is 0.0960. The van der Waals surface area contributed by atoms with E-state index in [9.17, 15) is 22.8 Å². The Kier molecular flexibility index (Phi) is 4.79. The van der Waals surface area contributed by atoms with E-state index in [1.165, 1.54) is 23.5 Å². The zero-order valence-corrected chi connectivity index (χ0v) is 17.2. The summed E-state index contributed by atoms with van der Waals surface area (Å²) in [4.78, 5) is 48.4. The van der Waals surface area contributed by atoms with Crippen molar-refractivity contribution < 1.29 is 22.8 Å². The summed E-state index contributed by atoms with van der Waals surface area (Å²) >= 11 is 0. The predicted octanol–water partition coefficient (Wildman–Crippen LogP) is 2.06. The van der Waals surface area contributed by atoms with Gasteiger partial charge in [0.25, 0.3) is 5.91 Å². The number of halogens is 3. The number of carbonyl (C=O) groups is 2. The monoisotopic (exact) mass is 461 g/mol. The Balaban J connectivity index is 1.43. The average Bonchev–Trinajstić information content (AvgIpc) is 3.40. The lowest BCUT2D eigenvalue weighted by molar-refractivity contribution is -0.149. The number of carbonyl (C=O) groups excluding carboxylic acids is 2. The molecule has 2 unspecified atom stereocenters. The predicted molar refractivity (Wildman–Crippen MR) is 111 cm³/mol. The lowest BCUT2D eigenvalue weighted by Gasteiger charge is -2.35. The quantitative estimate of drug-likeness (QED) is 0.544. The third kappa shape index (κ3) is 3.76. The molecule has 3 aromatic heterocycles. The van der Waals surface area contributed by atoms with Gasteiger partial charge in [0.15, 0.2) is 11.5 Å². The Morgan fingerprint density at radius 1 is 1.24 bits per heavy atom. The number of urea groups is 1. The Morgan fingerprint density at radius 2 is 2.06 bits per heavy atom. The van der Waals surface area contributed by atoms with Crippen LogP contribution in [0.5, 0.6) is 0 Å². The molecule has 0 aromatic carbocycles. The lowest BCUT2D eigenvalue weighted by Crippen LogP contribution is -2.49. The minimum Gasteiger partial charge on any atom is -0.366 e. The van der Waals surface area contributed by atoms with Crippen molar-refractivity contribution in [1.82, 2.24) is 30.2 Å². The van der Waals surface area contributed by atoms with Crippen LogP contribution in [0.3, 0.4) is 0 Å². The number of pyridine rings is 1. The van der Waals surface area contributed by atoms with Crippen molar-refractivity contribution in [2.45, 2.75) is 31.6 Å². The number of H-pyrrole nitrogens is 1. The number of alkyl halides is 3. The number of imidazole rings is 1. The number of fused-ring (bicyclic) bond motifs is 5. The van der Waals surface area contributed by atoms with E-state index in [4.69, 9.17) is 0 Å². The number of aromatic nitrogens is 5. The molecule has 3 N–H and O–H groups in total. The van der Waals surface area contributed by atoms with Crippen LogP contribution in [0.15, 0.2) is 24.7 Å². The maximum atomic E-state index is 13.2. The molecule has 11 nitrogen and oxygen atoms in total. The van der Waals surface area contributed by atoms with E-state index < -0.39 is 24.2 Å². The summed E-state index contributed by atoms with van der Waals surface area (Å²) in [5.41, 5.74) is 1.37. The highest BCUT2D eigenvalue weighted by atomic mass is 19.4. The fourth-order valence-electron chi connectivity index (χ4n) is 3.90. The van der Waals surface area contributed by atoms with E-state index in [0.29, 0.717) is 36.4 Å². The van der Waals surface area contributed by atoms with Gasteiger partial charge in [0.2, 0.25) is 5.95 Å². The van der Waals surface area contributed by atoms with Crippen molar-refractivity contribution >= 4 is 40.6 Å². The minimum atomic E-state index is -4.59. The van der Waals surface area contributed by atoms with Gasteiger partial charge in [-0.05, 0) is 25.5 Å². The first-order chi connectivity index (χ1) is 15.7. The summed E-state index contributed by atoms with van der Waals surface area (Å²) < 4.78 is 38.5. The third-order valence-corrected chi connectivity index (χ3v) is 5.64. The zero-order valence-electron chi connectivity index (χ0n) is 17.2. The van der Waals surface area contributed by atoms with Gasteiger partial charge in [-0.3, -0.25) is 15.0 Å². The maximum Gasteiger partial charge on any atom is 0.408 e. The molecule has 5 heterocycles. The molecule has 2 atom stereocenters. The molecule has 2 bridgehead atoms. The van der Waals surface area contributed by atoms with Crippen molar-refractivity contribution in [2.75, 3.05) is 28.2 Å². The molecule has 1 fully saturated rings. The summed E-state index contributed by atoms with van der Waals surface area (Å²) in [6.07, 6.45) is -0.990. The molecule has 2 aliphatic rings. The van der Waals surface area contributed by atoms with Gasteiger partial charge in [0.05, 0.1) is 24.3 Å². The van der Waals surface area contributed by atoms with Crippen LogP contribution in [-0.4, -0.2) is 68.2 Å². The SMILES string of the molecule is CC(NC(=O)c1ccc2c(n1)N(C(=O)Nc1ncc3[nH]cnc3n1)C1CCN2C1)C(F)(F)F. The molecule has 3 amide bonds. The van der Waals surface area contributed by atoms with E-state index in [0.717, 1.165) is 6.92 Å². The van der Waals surface area contributed by atoms with Crippen LogP contribution >= 0.6 is 0 Å². The van der Waals surface area contributed by atoms with E-state index in [-0.39, 0.29) is 23.5 Å². The molecular formula is C19H18F3N9O2. The number of hydrogen-bond donors (Lipinski definition) is 3. The topological polar surface area (TPSA) is 132 Å². The summed E-state index contributed by atoms with van der Waals surface area (Å²) in [6.45, 7) is 2.09. The number of nitrogens with zero attached hydrogens (tertiary/aromatic N) is 6. The molecule has 1 saturated heterocycles.